The second-order valence-electron chi connectivity index (χ2n) is 7.79. The summed E-state index contributed by atoms with van der Waals surface area (Å²) >= 11 is 12.3. The Kier molecular flexibility index (Phi) is 7.77. The molecular weight excluding hydrogens is 471 g/mol. The molecule has 2 aromatic carbocycles. The molecule has 0 spiro atoms. The van der Waals surface area contributed by atoms with E-state index in [1.165, 1.54) is 0 Å². The zero-order chi connectivity index (χ0) is 23.5. The molecule has 32 heavy (non-hydrogen) atoms. The van der Waals surface area contributed by atoms with Gasteiger partial charge in [0.1, 0.15) is 0 Å². The van der Waals surface area contributed by atoms with E-state index in [1.807, 2.05) is 38.1 Å². The summed E-state index contributed by atoms with van der Waals surface area (Å²) < 4.78 is 29.5. The van der Waals surface area contributed by atoms with Crippen molar-refractivity contribution in [3.8, 4) is 0 Å². The third kappa shape index (κ3) is 6.42. The summed E-state index contributed by atoms with van der Waals surface area (Å²) in [6.45, 7) is 4.27. The summed E-state index contributed by atoms with van der Waals surface area (Å²) in [5.74, 6) is -0.0577. The number of benzene rings is 2. The monoisotopic (exact) mass is 494 g/mol. The number of hydrogen-bond acceptors (Lipinski definition) is 5. The first-order valence-corrected chi connectivity index (χ1v) is 12.5. The van der Waals surface area contributed by atoms with Gasteiger partial charge in [0.05, 0.1) is 22.9 Å². The molecule has 6 nitrogen and oxygen atoms in total. The Morgan fingerprint density at radius 1 is 1.09 bits per heavy atom. The fraction of sp³-hybridized carbons (Fsp3) is 0.304. The van der Waals surface area contributed by atoms with Crippen LogP contribution in [0.2, 0.25) is 10.0 Å². The molecule has 0 bridgehead atoms. The van der Waals surface area contributed by atoms with Gasteiger partial charge < -0.3 is 4.57 Å². The van der Waals surface area contributed by atoms with Crippen LogP contribution in [-0.4, -0.2) is 36.6 Å². The van der Waals surface area contributed by atoms with Gasteiger partial charge in [-0.25, -0.2) is 4.98 Å². The van der Waals surface area contributed by atoms with E-state index < -0.39 is 10.1 Å². The molecule has 1 aromatic heterocycles. The van der Waals surface area contributed by atoms with E-state index in [4.69, 9.17) is 27.4 Å². The molecule has 0 aliphatic carbocycles. The van der Waals surface area contributed by atoms with E-state index in [9.17, 15) is 13.2 Å². The maximum absolute atomic E-state index is 13.2. The highest BCUT2D eigenvalue weighted by molar-refractivity contribution is 7.85. The first kappa shape index (κ1) is 24.5. The van der Waals surface area contributed by atoms with Crippen LogP contribution in [0.4, 0.5) is 0 Å². The van der Waals surface area contributed by atoms with Crippen molar-refractivity contribution in [3.05, 3.63) is 86.9 Å². The molecule has 0 aliphatic heterocycles. The van der Waals surface area contributed by atoms with Crippen molar-refractivity contribution in [1.29, 1.82) is 0 Å². The van der Waals surface area contributed by atoms with Crippen LogP contribution in [0, 0.1) is 13.8 Å². The Morgan fingerprint density at radius 3 is 2.41 bits per heavy atom. The van der Waals surface area contributed by atoms with Crippen LogP contribution in [0.5, 0.6) is 0 Å². The van der Waals surface area contributed by atoms with Gasteiger partial charge in [-0.3, -0.25) is 8.98 Å². The smallest absolute Gasteiger partial charge is 0.264 e. The largest absolute Gasteiger partial charge is 0.328 e. The lowest BCUT2D eigenvalue weighted by molar-refractivity contribution is 0.102. The highest BCUT2D eigenvalue weighted by Gasteiger charge is 2.21. The Labute approximate surface area is 198 Å². The van der Waals surface area contributed by atoms with E-state index in [0.717, 1.165) is 22.9 Å². The van der Waals surface area contributed by atoms with Crippen LogP contribution < -0.4 is 0 Å². The van der Waals surface area contributed by atoms with Gasteiger partial charge in [0, 0.05) is 30.4 Å². The second-order valence-corrected chi connectivity index (χ2v) is 10.3. The molecular formula is C23H24Cl2N2O4S. The molecule has 1 atom stereocenters. The molecule has 0 radical (unpaired) electrons. The topological polar surface area (TPSA) is 78.3 Å². The van der Waals surface area contributed by atoms with Gasteiger partial charge in [0.15, 0.2) is 5.82 Å². The molecule has 1 heterocycles. The standard InChI is InChI=1S/C23H24Cl2N2O4S/c1-15-10-16(2)12-19(11-15)22(28)23-26-7-8-27(23)14-18(6-9-31-32(3,29)30)17-4-5-20(24)21(25)13-17/h4-5,7-8,10-13,18H,6,9,14H2,1-3H3. The van der Waals surface area contributed by atoms with Crippen LogP contribution >= 0.6 is 23.2 Å². The molecule has 9 heteroatoms. The van der Waals surface area contributed by atoms with E-state index in [-0.39, 0.29) is 18.3 Å². The number of aryl methyl sites for hydroxylation is 2. The number of ketones is 1. The number of nitrogens with zero attached hydrogens (tertiary/aromatic N) is 2. The minimum Gasteiger partial charge on any atom is -0.328 e. The Balaban J connectivity index is 1.90. The van der Waals surface area contributed by atoms with E-state index in [0.29, 0.717) is 34.4 Å². The molecule has 0 N–H and O–H groups in total. The van der Waals surface area contributed by atoms with Gasteiger partial charge in [0.2, 0.25) is 5.78 Å². The van der Waals surface area contributed by atoms with Crippen LogP contribution in [0.3, 0.4) is 0 Å². The van der Waals surface area contributed by atoms with Gasteiger partial charge in [0.25, 0.3) is 10.1 Å². The summed E-state index contributed by atoms with van der Waals surface area (Å²) in [4.78, 5) is 17.5. The Bertz CT molecular complexity index is 1220. The molecule has 3 aromatic rings. The van der Waals surface area contributed by atoms with Crippen molar-refractivity contribution in [2.75, 3.05) is 12.9 Å². The highest BCUT2D eigenvalue weighted by Crippen LogP contribution is 2.30. The van der Waals surface area contributed by atoms with Crippen molar-refractivity contribution in [1.82, 2.24) is 9.55 Å². The van der Waals surface area contributed by atoms with E-state index in [1.54, 1.807) is 29.1 Å². The van der Waals surface area contributed by atoms with Gasteiger partial charge >= 0.3 is 0 Å². The SMILES string of the molecule is Cc1cc(C)cc(C(=O)c2nccn2CC(CCOS(C)(=O)=O)c2ccc(Cl)c(Cl)c2)c1. The molecule has 0 aliphatic rings. The number of imidazole rings is 1. The van der Waals surface area contributed by atoms with E-state index >= 15 is 0 Å². The van der Waals surface area contributed by atoms with Crippen LogP contribution in [-0.2, 0) is 20.8 Å². The molecule has 0 saturated heterocycles. The summed E-state index contributed by atoms with van der Waals surface area (Å²) in [5, 5.41) is 0.824. The zero-order valence-electron chi connectivity index (χ0n) is 18.0. The third-order valence-corrected chi connectivity index (χ3v) is 6.33. The molecule has 3 rings (SSSR count). The Morgan fingerprint density at radius 2 is 1.78 bits per heavy atom. The molecule has 0 saturated carbocycles. The van der Waals surface area contributed by atoms with Gasteiger partial charge in [-0.1, -0.05) is 46.5 Å². The van der Waals surface area contributed by atoms with Gasteiger partial charge in [-0.15, -0.1) is 0 Å². The van der Waals surface area contributed by atoms with Crippen molar-refractivity contribution < 1.29 is 17.4 Å². The summed E-state index contributed by atoms with van der Waals surface area (Å²) in [7, 11) is -3.57. The number of hydrogen-bond donors (Lipinski definition) is 0. The second kappa shape index (κ2) is 10.2. The van der Waals surface area contributed by atoms with Crippen molar-refractivity contribution in [3.63, 3.8) is 0 Å². The molecule has 1 unspecified atom stereocenters. The number of rotatable bonds is 9. The van der Waals surface area contributed by atoms with Crippen LogP contribution in [0.15, 0.2) is 48.8 Å². The predicted octanol–water partition coefficient (Wildman–Crippen LogP) is 5.19. The number of aromatic nitrogens is 2. The molecule has 0 fully saturated rings. The summed E-state index contributed by atoms with van der Waals surface area (Å²) in [6, 6.07) is 11.0. The number of halogens is 2. The summed E-state index contributed by atoms with van der Waals surface area (Å²) in [6.07, 6.45) is 4.71. The van der Waals surface area contributed by atoms with Gasteiger partial charge in [-0.05, 0) is 50.1 Å². The highest BCUT2D eigenvalue weighted by atomic mass is 35.5. The minimum atomic E-state index is -3.57. The fourth-order valence-corrected chi connectivity index (χ4v) is 4.31. The van der Waals surface area contributed by atoms with Crippen molar-refractivity contribution >= 4 is 39.1 Å². The lowest BCUT2D eigenvalue weighted by Crippen LogP contribution is -2.18. The average Bonchev–Trinajstić information content (AvgIpc) is 3.15. The lowest BCUT2D eigenvalue weighted by atomic mass is 9.95. The van der Waals surface area contributed by atoms with Crippen molar-refractivity contribution in [2.24, 2.45) is 0 Å². The molecule has 170 valence electrons. The fourth-order valence-electron chi connectivity index (χ4n) is 3.61. The zero-order valence-corrected chi connectivity index (χ0v) is 20.3. The third-order valence-electron chi connectivity index (χ3n) is 5.00. The quantitative estimate of drug-likeness (QED) is 0.302. The lowest BCUT2D eigenvalue weighted by Gasteiger charge is -2.20. The van der Waals surface area contributed by atoms with Gasteiger partial charge in [-0.2, -0.15) is 8.42 Å². The maximum atomic E-state index is 13.2. The number of carbonyl (C=O) groups excluding carboxylic acids is 1. The summed E-state index contributed by atoms with van der Waals surface area (Å²) in [5.41, 5.74) is 3.42. The minimum absolute atomic E-state index is 0.00119. The van der Waals surface area contributed by atoms with E-state index in [2.05, 4.69) is 4.98 Å². The normalized spacial score (nSPS) is 12.7. The first-order valence-electron chi connectivity index (χ1n) is 9.97. The Hall–Kier alpha value is -2.19. The number of carbonyl (C=O) groups is 1. The maximum Gasteiger partial charge on any atom is 0.264 e. The first-order chi connectivity index (χ1) is 15.0. The average molecular weight is 495 g/mol. The predicted molar refractivity (Wildman–Crippen MR) is 126 cm³/mol. The van der Waals surface area contributed by atoms with Crippen LogP contribution in [0.1, 0.15) is 45.2 Å². The molecule has 0 amide bonds. The van der Waals surface area contributed by atoms with Crippen LogP contribution in [0.25, 0.3) is 0 Å². The van der Waals surface area contributed by atoms with Crippen molar-refractivity contribution in [2.45, 2.75) is 32.7 Å².